The molecule has 0 saturated heterocycles. The zero-order valence-electron chi connectivity index (χ0n) is 10.3. The third-order valence-electron chi connectivity index (χ3n) is 2.08. The van der Waals surface area contributed by atoms with Crippen LogP contribution in [0.1, 0.15) is 46.1 Å². The average molecular weight is 207 g/mol. The first kappa shape index (κ1) is 13.7. The molecule has 0 radical (unpaired) electrons. The molecule has 1 N–H and O–H groups in total. The maximum absolute atomic E-state index is 11.1. The van der Waals surface area contributed by atoms with E-state index in [1.807, 2.05) is 58.9 Å². The second-order valence-electron chi connectivity index (χ2n) is 2.80. The third kappa shape index (κ3) is 3.08. The maximum Gasteiger partial charge on any atom is 0.231 e. The number of anilines is 1. The summed E-state index contributed by atoms with van der Waals surface area (Å²) < 4.78 is 0. The van der Waals surface area contributed by atoms with Crippen LogP contribution in [0, 0.1) is 0 Å². The van der Waals surface area contributed by atoms with Gasteiger partial charge in [-0.3, -0.25) is 4.79 Å². The first-order chi connectivity index (χ1) is 7.29. The smallest absolute Gasteiger partial charge is 0.231 e. The van der Waals surface area contributed by atoms with Gasteiger partial charge < -0.3 is 5.32 Å². The van der Waals surface area contributed by atoms with Crippen molar-refractivity contribution in [2.45, 2.75) is 40.5 Å². The van der Waals surface area contributed by atoms with Crippen molar-refractivity contribution < 1.29 is 4.79 Å². The maximum atomic E-state index is 11.1. The molecule has 1 heterocycles. The van der Waals surface area contributed by atoms with Gasteiger partial charge in [0, 0.05) is 5.69 Å². The van der Waals surface area contributed by atoms with E-state index in [1.54, 1.807) is 0 Å². The lowest BCUT2D eigenvalue weighted by Gasteiger charge is -1.97. The Kier molecular flexibility index (Phi) is 6.43. The molecule has 1 aromatic carbocycles. The molecule has 2 heteroatoms. The molecule has 0 spiro atoms. The van der Waals surface area contributed by atoms with E-state index >= 15 is 0 Å². The number of rotatable bonds is 0. The highest BCUT2D eigenvalue weighted by molar-refractivity contribution is 6.02. The lowest BCUT2D eigenvalue weighted by Crippen LogP contribution is -2.08. The van der Waals surface area contributed by atoms with Gasteiger partial charge in [-0.2, -0.15) is 0 Å². The molecule has 0 aliphatic carbocycles. The molecule has 0 bridgehead atoms. The Hall–Kier alpha value is -1.31. The van der Waals surface area contributed by atoms with Crippen LogP contribution in [0.25, 0.3) is 0 Å². The van der Waals surface area contributed by atoms with Crippen molar-refractivity contribution in [3.8, 4) is 0 Å². The minimum Gasteiger partial charge on any atom is -0.325 e. The van der Waals surface area contributed by atoms with Crippen LogP contribution in [-0.2, 0) is 4.79 Å². The van der Waals surface area contributed by atoms with E-state index in [1.165, 1.54) is 0 Å². The predicted molar refractivity (Wildman–Crippen MR) is 66.2 cm³/mol. The molecule has 1 aliphatic rings. The Morgan fingerprint density at radius 1 is 1.07 bits per heavy atom. The van der Waals surface area contributed by atoms with Gasteiger partial charge in [0.05, 0.1) is 5.92 Å². The van der Waals surface area contributed by atoms with Crippen LogP contribution in [0.2, 0.25) is 0 Å². The van der Waals surface area contributed by atoms with Gasteiger partial charge in [0.2, 0.25) is 5.91 Å². The molecule has 0 saturated carbocycles. The summed E-state index contributed by atoms with van der Waals surface area (Å²) in [5.41, 5.74) is 2.07. The summed E-state index contributed by atoms with van der Waals surface area (Å²) in [7, 11) is 0. The summed E-state index contributed by atoms with van der Waals surface area (Å²) in [6.07, 6.45) is 0. The number of carbonyl (C=O) groups excluding carboxylic acids is 1. The van der Waals surface area contributed by atoms with Gasteiger partial charge >= 0.3 is 0 Å². The van der Waals surface area contributed by atoms with Crippen molar-refractivity contribution >= 4 is 11.6 Å². The monoisotopic (exact) mass is 207 g/mol. The molecule has 0 fully saturated rings. The summed E-state index contributed by atoms with van der Waals surface area (Å²) in [4.78, 5) is 11.1. The molecule has 1 aliphatic heterocycles. The fraction of sp³-hybridized carbons (Fsp3) is 0.462. The average Bonchev–Trinajstić information content (AvgIpc) is 2.61. The molecule has 15 heavy (non-hydrogen) atoms. The van der Waals surface area contributed by atoms with Gasteiger partial charge in [0.15, 0.2) is 0 Å². The number of nitrogens with one attached hydrogen (secondary N) is 1. The zero-order valence-corrected chi connectivity index (χ0v) is 10.3. The van der Waals surface area contributed by atoms with Gasteiger partial charge in [-0.05, 0) is 18.6 Å². The summed E-state index contributed by atoms with van der Waals surface area (Å²) in [6, 6.07) is 7.79. The van der Waals surface area contributed by atoms with E-state index in [9.17, 15) is 4.79 Å². The van der Waals surface area contributed by atoms with Crippen LogP contribution in [-0.4, -0.2) is 5.91 Å². The number of benzene rings is 1. The molecular formula is C13H21NO. The highest BCUT2D eigenvalue weighted by Gasteiger charge is 2.25. The SMILES string of the molecule is CC.CC.CC1C(=O)Nc2ccccc21. The van der Waals surface area contributed by atoms with Gasteiger partial charge in [0.1, 0.15) is 0 Å². The van der Waals surface area contributed by atoms with Gasteiger partial charge in [-0.1, -0.05) is 45.9 Å². The zero-order chi connectivity index (χ0) is 11.8. The van der Waals surface area contributed by atoms with Crippen molar-refractivity contribution in [3.05, 3.63) is 29.8 Å². The summed E-state index contributed by atoms with van der Waals surface area (Å²) in [5, 5.41) is 2.81. The molecule has 84 valence electrons. The van der Waals surface area contributed by atoms with Gasteiger partial charge in [-0.25, -0.2) is 0 Å². The fourth-order valence-electron chi connectivity index (χ4n) is 1.37. The number of amides is 1. The second kappa shape index (κ2) is 7.04. The van der Waals surface area contributed by atoms with Crippen molar-refractivity contribution in [3.63, 3.8) is 0 Å². The normalized spacial score (nSPS) is 16.3. The van der Waals surface area contributed by atoms with E-state index in [0.29, 0.717) is 0 Å². The lowest BCUT2D eigenvalue weighted by molar-refractivity contribution is -0.116. The Bertz CT molecular complexity index is 307. The van der Waals surface area contributed by atoms with Crippen LogP contribution in [0.3, 0.4) is 0 Å². The number of fused-ring (bicyclic) bond motifs is 1. The quantitative estimate of drug-likeness (QED) is 0.689. The largest absolute Gasteiger partial charge is 0.325 e. The van der Waals surface area contributed by atoms with Crippen molar-refractivity contribution in [1.82, 2.24) is 0 Å². The van der Waals surface area contributed by atoms with Crippen molar-refractivity contribution in [1.29, 1.82) is 0 Å². The third-order valence-corrected chi connectivity index (χ3v) is 2.08. The van der Waals surface area contributed by atoms with Crippen LogP contribution in [0.15, 0.2) is 24.3 Å². The standard InChI is InChI=1S/C9H9NO.2C2H6/c1-6-7-4-2-3-5-8(7)10-9(6)11;2*1-2/h2-6H,1H3,(H,10,11);2*1-2H3. The number of para-hydroxylation sites is 1. The number of carbonyl (C=O) groups is 1. The summed E-state index contributed by atoms with van der Waals surface area (Å²) in [6.45, 7) is 9.92. The van der Waals surface area contributed by atoms with Crippen LogP contribution < -0.4 is 5.32 Å². The van der Waals surface area contributed by atoms with Crippen molar-refractivity contribution in [2.24, 2.45) is 0 Å². The molecule has 1 unspecified atom stereocenters. The van der Waals surface area contributed by atoms with E-state index in [4.69, 9.17) is 0 Å². The van der Waals surface area contributed by atoms with Crippen molar-refractivity contribution in [2.75, 3.05) is 5.32 Å². The highest BCUT2D eigenvalue weighted by atomic mass is 16.2. The number of hydrogen-bond acceptors (Lipinski definition) is 1. The molecule has 2 nitrogen and oxygen atoms in total. The Morgan fingerprint density at radius 3 is 2.13 bits per heavy atom. The van der Waals surface area contributed by atoms with E-state index in [0.717, 1.165) is 11.3 Å². The number of hydrogen-bond donors (Lipinski definition) is 1. The minimum absolute atomic E-state index is 0.0196. The Balaban J connectivity index is 0.000000442. The van der Waals surface area contributed by atoms with E-state index < -0.39 is 0 Å². The molecule has 1 amide bonds. The predicted octanol–water partition coefficient (Wildman–Crippen LogP) is 3.79. The molecular weight excluding hydrogens is 186 g/mol. The van der Waals surface area contributed by atoms with Gasteiger partial charge in [0.25, 0.3) is 0 Å². The van der Waals surface area contributed by atoms with Crippen LogP contribution in [0.4, 0.5) is 5.69 Å². The first-order valence-electron chi connectivity index (χ1n) is 5.69. The van der Waals surface area contributed by atoms with Crippen LogP contribution >= 0.6 is 0 Å². The minimum atomic E-state index is 0.0196. The van der Waals surface area contributed by atoms with E-state index in [2.05, 4.69) is 5.32 Å². The highest BCUT2D eigenvalue weighted by Crippen LogP contribution is 2.30. The van der Waals surface area contributed by atoms with Gasteiger partial charge in [-0.15, -0.1) is 0 Å². The molecule has 1 aromatic rings. The fourth-order valence-corrected chi connectivity index (χ4v) is 1.37. The summed E-state index contributed by atoms with van der Waals surface area (Å²) >= 11 is 0. The summed E-state index contributed by atoms with van der Waals surface area (Å²) in [5.74, 6) is 0.123. The molecule has 1 atom stereocenters. The Morgan fingerprint density at radius 2 is 1.60 bits per heavy atom. The van der Waals surface area contributed by atoms with Crippen LogP contribution in [0.5, 0.6) is 0 Å². The van der Waals surface area contributed by atoms with E-state index in [-0.39, 0.29) is 11.8 Å². The Labute approximate surface area is 92.7 Å². The second-order valence-corrected chi connectivity index (χ2v) is 2.80. The molecule has 0 aromatic heterocycles. The topological polar surface area (TPSA) is 29.1 Å². The molecule has 2 rings (SSSR count). The first-order valence-corrected chi connectivity index (χ1v) is 5.69. The lowest BCUT2D eigenvalue weighted by atomic mass is 10.0.